The summed E-state index contributed by atoms with van der Waals surface area (Å²) < 4.78 is 0. The second-order valence-corrected chi connectivity index (χ2v) is 6.22. The van der Waals surface area contributed by atoms with Gasteiger partial charge < -0.3 is 4.90 Å². The molecular weight excluding hydrogens is 314 g/mol. The fourth-order valence-corrected chi connectivity index (χ4v) is 3.31. The fourth-order valence-electron chi connectivity index (χ4n) is 2.93. The molecule has 0 atom stereocenters. The van der Waals surface area contributed by atoms with Gasteiger partial charge in [0.1, 0.15) is 0 Å². The molecule has 0 aromatic heterocycles. The van der Waals surface area contributed by atoms with Crippen LogP contribution >= 0.6 is 15.9 Å². The van der Waals surface area contributed by atoms with Crippen LogP contribution in [0, 0.1) is 20.8 Å². The van der Waals surface area contributed by atoms with Crippen molar-refractivity contribution in [3.8, 4) is 0 Å². The van der Waals surface area contributed by atoms with Gasteiger partial charge in [0, 0.05) is 23.5 Å². The van der Waals surface area contributed by atoms with E-state index in [1.165, 1.54) is 5.56 Å². The van der Waals surface area contributed by atoms with Crippen molar-refractivity contribution in [1.29, 1.82) is 0 Å². The number of hydrogen-bond acceptors (Lipinski definition) is 1. The average Bonchev–Trinajstić information content (AvgIpc) is 2.37. The van der Waals surface area contributed by atoms with E-state index in [1.54, 1.807) is 0 Å². The maximum atomic E-state index is 13.0. The number of hydrogen-bond donors (Lipinski definition) is 0. The Hall–Kier alpha value is -0.830. The van der Waals surface area contributed by atoms with E-state index in [-0.39, 0.29) is 5.91 Å². The third-order valence-electron chi connectivity index (χ3n) is 3.86. The molecule has 1 amide bonds. The lowest BCUT2D eigenvalue weighted by molar-refractivity contribution is 0.0681. The van der Waals surface area contributed by atoms with Crippen molar-refractivity contribution in [2.45, 2.75) is 53.5 Å². The maximum absolute atomic E-state index is 13.0. The summed E-state index contributed by atoms with van der Waals surface area (Å²) in [6.45, 7) is 11.2. The Balaban J connectivity index is 3.19. The van der Waals surface area contributed by atoms with Gasteiger partial charge in [0.05, 0.1) is 0 Å². The lowest BCUT2D eigenvalue weighted by Gasteiger charge is -2.31. The van der Waals surface area contributed by atoms with E-state index in [9.17, 15) is 4.79 Å². The van der Waals surface area contributed by atoms with Crippen molar-refractivity contribution < 1.29 is 4.79 Å². The molecule has 0 N–H and O–H groups in total. The van der Waals surface area contributed by atoms with Gasteiger partial charge in [-0.25, -0.2) is 0 Å². The van der Waals surface area contributed by atoms with Crippen LogP contribution in [-0.2, 0) is 0 Å². The molecule has 20 heavy (non-hydrogen) atoms. The highest BCUT2D eigenvalue weighted by Gasteiger charge is 2.24. The molecule has 0 fully saturated rings. The van der Waals surface area contributed by atoms with Gasteiger partial charge in [-0.05, 0) is 44.7 Å². The monoisotopic (exact) mass is 339 g/mol. The van der Waals surface area contributed by atoms with Gasteiger partial charge in [-0.2, -0.15) is 0 Å². The molecule has 0 aliphatic rings. The third kappa shape index (κ3) is 3.85. The van der Waals surface area contributed by atoms with Crippen LogP contribution in [0.3, 0.4) is 0 Å². The Kier molecular flexibility index (Phi) is 6.74. The van der Waals surface area contributed by atoms with Gasteiger partial charge in [0.25, 0.3) is 5.91 Å². The smallest absolute Gasteiger partial charge is 0.254 e. The highest BCUT2D eigenvalue weighted by atomic mass is 79.9. The molecule has 0 unspecified atom stereocenters. The Morgan fingerprint density at radius 2 is 1.65 bits per heavy atom. The predicted octanol–water partition coefficient (Wildman–Crippen LogP) is 4.64. The molecule has 0 bridgehead atoms. The summed E-state index contributed by atoms with van der Waals surface area (Å²) in [5, 5.41) is 0.819. The lowest BCUT2D eigenvalue weighted by Crippen LogP contribution is -2.41. The van der Waals surface area contributed by atoms with Crippen LogP contribution in [0.5, 0.6) is 0 Å². The van der Waals surface area contributed by atoms with E-state index in [0.717, 1.165) is 41.4 Å². The summed E-state index contributed by atoms with van der Waals surface area (Å²) >= 11 is 3.47. The zero-order valence-corrected chi connectivity index (χ0v) is 14.9. The second-order valence-electron chi connectivity index (χ2n) is 5.43. The highest BCUT2D eigenvalue weighted by Crippen LogP contribution is 2.21. The molecule has 1 rings (SSSR count). The number of amides is 1. The first kappa shape index (κ1) is 17.2. The van der Waals surface area contributed by atoms with Crippen LogP contribution < -0.4 is 0 Å². The number of carbonyl (C=O) groups is 1. The van der Waals surface area contributed by atoms with Crippen LogP contribution in [0.4, 0.5) is 0 Å². The number of halogens is 1. The fraction of sp³-hybridized carbons (Fsp3) is 0.588. The number of alkyl halides is 1. The number of nitrogens with zero attached hydrogens (tertiary/aromatic N) is 1. The number of aryl methyl sites for hydroxylation is 3. The van der Waals surface area contributed by atoms with Gasteiger partial charge in [0.2, 0.25) is 0 Å². The van der Waals surface area contributed by atoms with E-state index >= 15 is 0 Å². The summed E-state index contributed by atoms with van der Waals surface area (Å²) in [7, 11) is 0. The quantitative estimate of drug-likeness (QED) is 0.691. The van der Waals surface area contributed by atoms with Crippen molar-refractivity contribution >= 4 is 21.8 Å². The summed E-state index contributed by atoms with van der Waals surface area (Å²) in [4.78, 5) is 15.0. The molecule has 2 nitrogen and oxygen atoms in total. The molecule has 0 saturated carbocycles. The van der Waals surface area contributed by atoms with Crippen molar-refractivity contribution in [2.75, 3.05) is 11.9 Å². The Morgan fingerprint density at radius 3 is 2.05 bits per heavy atom. The molecule has 3 heteroatoms. The number of benzene rings is 1. The van der Waals surface area contributed by atoms with Crippen molar-refractivity contribution in [3.63, 3.8) is 0 Å². The van der Waals surface area contributed by atoms with E-state index < -0.39 is 0 Å². The summed E-state index contributed by atoms with van der Waals surface area (Å²) in [6, 6.07) is 4.51. The molecule has 0 aliphatic heterocycles. The van der Waals surface area contributed by atoms with Crippen molar-refractivity contribution in [1.82, 2.24) is 4.90 Å². The van der Waals surface area contributed by atoms with Gasteiger partial charge in [-0.1, -0.05) is 47.5 Å². The minimum atomic E-state index is 0.174. The van der Waals surface area contributed by atoms with Crippen LogP contribution in [-0.4, -0.2) is 28.7 Å². The highest BCUT2D eigenvalue weighted by molar-refractivity contribution is 9.09. The summed E-state index contributed by atoms with van der Waals surface area (Å²) in [5.74, 6) is 0.174. The van der Waals surface area contributed by atoms with E-state index in [2.05, 4.69) is 48.8 Å². The largest absolute Gasteiger partial charge is 0.335 e. The molecule has 112 valence electrons. The van der Waals surface area contributed by atoms with Crippen LogP contribution in [0.1, 0.15) is 53.7 Å². The molecule has 0 radical (unpaired) electrons. The molecule has 0 aliphatic carbocycles. The Labute approximate surface area is 131 Å². The minimum absolute atomic E-state index is 0.174. The molecular formula is C17H26BrNO. The van der Waals surface area contributed by atoms with Crippen LogP contribution in [0.15, 0.2) is 12.1 Å². The van der Waals surface area contributed by atoms with Gasteiger partial charge >= 0.3 is 0 Å². The third-order valence-corrected chi connectivity index (χ3v) is 4.22. The normalized spacial score (nSPS) is 10.9. The first-order valence-electron chi connectivity index (χ1n) is 7.40. The lowest BCUT2D eigenvalue weighted by atomic mass is 9.97. The van der Waals surface area contributed by atoms with Crippen LogP contribution in [0.2, 0.25) is 0 Å². The predicted molar refractivity (Wildman–Crippen MR) is 89.9 cm³/mol. The maximum Gasteiger partial charge on any atom is 0.254 e. The van der Waals surface area contributed by atoms with E-state index in [1.807, 2.05) is 18.7 Å². The molecule has 0 spiro atoms. The second kappa shape index (κ2) is 7.82. The standard InChI is InChI=1S/C17H26BrNO/c1-6-15(7-2)19(9-8-18)17(20)16-13(4)10-12(3)11-14(16)5/h10-11,15H,6-9H2,1-5H3. The number of rotatable bonds is 6. The van der Waals surface area contributed by atoms with Gasteiger partial charge in [-0.15, -0.1) is 0 Å². The molecule has 0 saturated heterocycles. The van der Waals surface area contributed by atoms with Crippen molar-refractivity contribution in [3.05, 3.63) is 34.4 Å². The molecule has 0 heterocycles. The summed E-state index contributed by atoms with van der Waals surface area (Å²) in [5.41, 5.74) is 4.26. The minimum Gasteiger partial charge on any atom is -0.335 e. The molecule has 1 aromatic carbocycles. The van der Waals surface area contributed by atoms with Crippen molar-refractivity contribution in [2.24, 2.45) is 0 Å². The van der Waals surface area contributed by atoms with E-state index in [4.69, 9.17) is 0 Å². The zero-order valence-electron chi connectivity index (χ0n) is 13.3. The zero-order chi connectivity index (χ0) is 15.3. The van der Waals surface area contributed by atoms with Gasteiger partial charge in [-0.3, -0.25) is 4.79 Å². The SMILES string of the molecule is CCC(CC)N(CCBr)C(=O)c1c(C)cc(C)cc1C. The summed E-state index contributed by atoms with van der Waals surface area (Å²) in [6.07, 6.45) is 2.00. The topological polar surface area (TPSA) is 20.3 Å². The Bertz CT molecular complexity index is 443. The number of carbonyl (C=O) groups excluding carboxylic acids is 1. The first-order valence-corrected chi connectivity index (χ1v) is 8.53. The Morgan fingerprint density at radius 1 is 1.15 bits per heavy atom. The first-order chi connectivity index (χ1) is 9.46. The molecule has 1 aromatic rings. The average molecular weight is 340 g/mol. The van der Waals surface area contributed by atoms with E-state index in [0.29, 0.717) is 6.04 Å². The van der Waals surface area contributed by atoms with Gasteiger partial charge in [0.15, 0.2) is 0 Å². The van der Waals surface area contributed by atoms with Crippen LogP contribution in [0.25, 0.3) is 0 Å².